The number of aromatic amines is 1. The van der Waals surface area contributed by atoms with Crippen molar-refractivity contribution in [2.45, 2.75) is 39.0 Å². The Hall–Kier alpha value is -1.69. The summed E-state index contributed by atoms with van der Waals surface area (Å²) in [6, 6.07) is 1.65. The summed E-state index contributed by atoms with van der Waals surface area (Å²) in [6.07, 6.45) is 7.46. The number of aryl methyl sites for hydroxylation is 1. The van der Waals surface area contributed by atoms with E-state index in [1.54, 1.807) is 23.6 Å². The fraction of sp³-hybridized carbons (Fsp3) is 0.500. The highest BCUT2D eigenvalue weighted by atomic mass is 32.1. The van der Waals surface area contributed by atoms with Gasteiger partial charge in [0.25, 0.3) is 5.91 Å². The Morgan fingerprint density at radius 3 is 3.25 bits per heavy atom. The molecule has 1 aliphatic rings. The quantitative estimate of drug-likeness (QED) is 0.909. The van der Waals surface area contributed by atoms with Gasteiger partial charge in [-0.1, -0.05) is 19.8 Å². The van der Waals surface area contributed by atoms with Crippen molar-refractivity contribution in [3.8, 4) is 0 Å². The zero-order valence-electron chi connectivity index (χ0n) is 11.5. The number of nitrogens with zero attached hydrogens (tertiary/aromatic N) is 2. The molecule has 1 aliphatic carbocycles. The Bertz CT molecular complexity index is 590. The van der Waals surface area contributed by atoms with Crippen LogP contribution in [0.4, 0.5) is 5.13 Å². The molecule has 0 unspecified atom stereocenters. The number of nitrogens with one attached hydrogen (secondary N) is 2. The van der Waals surface area contributed by atoms with Crippen molar-refractivity contribution in [2.24, 2.45) is 5.92 Å². The molecule has 5 nitrogen and oxygen atoms in total. The van der Waals surface area contributed by atoms with Crippen LogP contribution in [-0.4, -0.2) is 21.1 Å². The first-order valence-corrected chi connectivity index (χ1v) is 7.87. The highest BCUT2D eigenvalue weighted by molar-refractivity contribution is 7.15. The summed E-state index contributed by atoms with van der Waals surface area (Å²) >= 11 is 1.61. The van der Waals surface area contributed by atoms with Crippen LogP contribution in [0.1, 0.15) is 47.2 Å². The van der Waals surface area contributed by atoms with Crippen LogP contribution < -0.4 is 5.32 Å². The van der Waals surface area contributed by atoms with Crippen LogP contribution >= 0.6 is 11.3 Å². The lowest BCUT2D eigenvalue weighted by atomic mass is 9.88. The molecule has 2 aromatic heterocycles. The molecule has 0 aromatic carbocycles. The van der Waals surface area contributed by atoms with Gasteiger partial charge in [-0.05, 0) is 31.2 Å². The van der Waals surface area contributed by atoms with Crippen LogP contribution in [0.3, 0.4) is 0 Å². The van der Waals surface area contributed by atoms with Crippen LogP contribution in [0.2, 0.25) is 0 Å². The summed E-state index contributed by atoms with van der Waals surface area (Å²) < 4.78 is 0. The second-order valence-corrected chi connectivity index (χ2v) is 6.29. The summed E-state index contributed by atoms with van der Waals surface area (Å²) in [6.45, 7) is 2.23. The van der Waals surface area contributed by atoms with Gasteiger partial charge in [-0.25, -0.2) is 4.98 Å². The van der Waals surface area contributed by atoms with Crippen LogP contribution in [0.5, 0.6) is 0 Å². The fourth-order valence-corrected chi connectivity index (χ4v) is 3.82. The molecular weight excluding hydrogens is 272 g/mol. The maximum Gasteiger partial charge on any atom is 0.275 e. The molecular formula is C14H18N4OS. The van der Waals surface area contributed by atoms with E-state index in [1.807, 2.05) is 0 Å². The maximum absolute atomic E-state index is 11.9. The fourth-order valence-electron chi connectivity index (χ4n) is 2.70. The van der Waals surface area contributed by atoms with E-state index >= 15 is 0 Å². The third-order valence-electron chi connectivity index (χ3n) is 3.70. The third kappa shape index (κ3) is 2.75. The lowest BCUT2D eigenvalue weighted by Gasteiger charge is -2.19. The molecule has 0 fully saturated rings. The minimum atomic E-state index is -0.182. The van der Waals surface area contributed by atoms with Gasteiger partial charge >= 0.3 is 0 Å². The molecule has 0 aliphatic heterocycles. The van der Waals surface area contributed by atoms with E-state index < -0.39 is 0 Å². The van der Waals surface area contributed by atoms with Crippen molar-refractivity contribution in [3.05, 3.63) is 28.5 Å². The highest BCUT2D eigenvalue weighted by Crippen LogP contribution is 2.34. The van der Waals surface area contributed by atoms with Gasteiger partial charge < -0.3 is 0 Å². The minimum absolute atomic E-state index is 0.182. The molecule has 1 atom stereocenters. The monoisotopic (exact) mass is 290 g/mol. The van der Waals surface area contributed by atoms with Crippen molar-refractivity contribution >= 4 is 22.4 Å². The molecule has 2 heterocycles. The first kappa shape index (κ1) is 13.3. The predicted octanol–water partition coefficient (Wildman–Crippen LogP) is 3.02. The molecule has 1 amide bonds. The standard InChI is InChI=1S/C14H18N4OS/c1-2-3-9-4-5-10-12(8-9)20-14(16-10)17-13(19)11-6-7-15-18-11/h6-7,9H,2-5,8H2,1H3,(H,15,18)(H,16,17,19)/t9-/m0/s1. The molecule has 0 spiro atoms. The second kappa shape index (κ2) is 5.75. The number of H-pyrrole nitrogens is 1. The third-order valence-corrected chi connectivity index (χ3v) is 4.74. The van der Waals surface area contributed by atoms with Crippen LogP contribution in [0.15, 0.2) is 12.3 Å². The van der Waals surface area contributed by atoms with Crippen molar-refractivity contribution in [2.75, 3.05) is 5.32 Å². The van der Waals surface area contributed by atoms with E-state index in [0.29, 0.717) is 10.8 Å². The predicted molar refractivity (Wildman–Crippen MR) is 79.1 cm³/mol. The molecule has 6 heteroatoms. The number of thiazole rings is 1. The molecule has 0 bridgehead atoms. The van der Waals surface area contributed by atoms with E-state index in [1.165, 1.54) is 29.8 Å². The molecule has 0 radical (unpaired) electrons. The Kier molecular flexibility index (Phi) is 3.82. The molecule has 2 aromatic rings. The topological polar surface area (TPSA) is 70.7 Å². The molecule has 3 rings (SSSR count). The van der Waals surface area contributed by atoms with E-state index in [0.717, 1.165) is 18.8 Å². The molecule has 106 valence electrons. The van der Waals surface area contributed by atoms with Gasteiger partial charge in [-0.2, -0.15) is 5.10 Å². The van der Waals surface area contributed by atoms with E-state index in [4.69, 9.17) is 0 Å². The zero-order chi connectivity index (χ0) is 13.9. The van der Waals surface area contributed by atoms with Gasteiger partial charge in [0, 0.05) is 11.1 Å². The minimum Gasteiger partial charge on any atom is -0.296 e. The normalized spacial score (nSPS) is 17.8. The molecule has 20 heavy (non-hydrogen) atoms. The van der Waals surface area contributed by atoms with Crippen LogP contribution in [-0.2, 0) is 12.8 Å². The van der Waals surface area contributed by atoms with Crippen LogP contribution in [0, 0.1) is 5.92 Å². The number of hydrogen-bond donors (Lipinski definition) is 2. The molecule has 2 N–H and O–H groups in total. The van der Waals surface area contributed by atoms with Crippen molar-refractivity contribution in [1.29, 1.82) is 0 Å². The summed E-state index contributed by atoms with van der Waals surface area (Å²) in [5, 5.41) is 9.98. The van der Waals surface area contributed by atoms with Gasteiger partial charge in [0.1, 0.15) is 5.69 Å². The number of anilines is 1. The number of rotatable bonds is 4. The maximum atomic E-state index is 11.9. The average molecular weight is 290 g/mol. The largest absolute Gasteiger partial charge is 0.296 e. The SMILES string of the molecule is CCC[C@H]1CCc2nc(NC(=O)c3ccn[nH]3)sc2C1. The van der Waals surface area contributed by atoms with Crippen molar-refractivity contribution in [3.63, 3.8) is 0 Å². The van der Waals surface area contributed by atoms with E-state index in [9.17, 15) is 4.79 Å². The Morgan fingerprint density at radius 2 is 2.50 bits per heavy atom. The summed E-state index contributed by atoms with van der Waals surface area (Å²) in [5.74, 6) is 0.600. The lowest BCUT2D eigenvalue weighted by molar-refractivity contribution is 0.102. The first-order valence-electron chi connectivity index (χ1n) is 7.05. The number of carbonyl (C=O) groups excluding carboxylic acids is 1. The zero-order valence-corrected chi connectivity index (χ0v) is 12.3. The van der Waals surface area contributed by atoms with Gasteiger partial charge in [0.05, 0.1) is 5.69 Å². The van der Waals surface area contributed by atoms with Crippen molar-refractivity contribution < 1.29 is 4.79 Å². The summed E-state index contributed by atoms with van der Waals surface area (Å²) in [4.78, 5) is 17.8. The van der Waals surface area contributed by atoms with Gasteiger partial charge in [0.15, 0.2) is 5.13 Å². The number of hydrogen-bond acceptors (Lipinski definition) is 4. The number of aromatic nitrogens is 3. The Morgan fingerprint density at radius 1 is 1.60 bits per heavy atom. The van der Waals surface area contributed by atoms with Gasteiger partial charge in [0.2, 0.25) is 0 Å². The van der Waals surface area contributed by atoms with E-state index in [2.05, 4.69) is 27.4 Å². The molecule has 0 saturated carbocycles. The number of carbonyl (C=O) groups is 1. The van der Waals surface area contributed by atoms with Gasteiger partial charge in [-0.15, -0.1) is 11.3 Å². The lowest BCUT2D eigenvalue weighted by Crippen LogP contribution is -2.13. The highest BCUT2D eigenvalue weighted by Gasteiger charge is 2.22. The average Bonchev–Trinajstić information content (AvgIpc) is 3.06. The molecule has 0 saturated heterocycles. The number of fused-ring (bicyclic) bond motifs is 1. The number of amides is 1. The summed E-state index contributed by atoms with van der Waals surface area (Å²) in [5.41, 5.74) is 1.63. The second-order valence-electron chi connectivity index (χ2n) is 5.21. The Labute approximate surface area is 121 Å². The van der Waals surface area contributed by atoms with Crippen LogP contribution in [0.25, 0.3) is 0 Å². The first-order chi connectivity index (χ1) is 9.76. The van der Waals surface area contributed by atoms with E-state index in [-0.39, 0.29) is 5.91 Å². The van der Waals surface area contributed by atoms with Gasteiger partial charge in [-0.3, -0.25) is 15.2 Å². The van der Waals surface area contributed by atoms with Crippen molar-refractivity contribution in [1.82, 2.24) is 15.2 Å². The Balaban J connectivity index is 1.69. The smallest absolute Gasteiger partial charge is 0.275 e. The summed E-state index contributed by atoms with van der Waals surface area (Å²) in [7, 11) is 0.